The molecule has 8 heteroatoms. The average molecular weight is 428 g/mol. The molecule has 1 aromatic rings. The lowest BCUT2D eigenvalue weighted by Gasteiger charge is -2.08. The van der Waals surface area contributed by atoms with Crippen LogP contribution < -0.4 is 16.6 Å². The zero-order valence-corrected chi connectivity index (χ0v) is 18.3. The van der Waals surface area contributed by atoms with Crippen LogP contribution >= 0.6 is 0 Å². The maximum Gasteiger partial charge on any atom is 0.408 e. The smallest absolute Gasteiger partial charge is 0.408 e. The first-order valence-corrected chi connectivity index (χ1v) is 11.4. The van der Waals surface area contributed by atoms with Crippen molar-refractivity contribution in [1.82, 2.24) is 14.9 Å². The Morgan fingerprint density at radius 3 is 1.97 bits per heavy atom. The van der Waals surface area contributed by atoms with Gasteiger partial charge in [-0.1, -0.05) is 90.4 Å². The number of amides is 1. The summed E-state index contributed by atoms with van der Waals surface area (Å²) >= 11 is 0. The molecule has 0 saturated heterocycles. The number of aromatic amines is 1. The molecule has 1 aromatic heterocycles. The minimum Gasteiger partial charge on any atom is -0.428 e. The van der Waals surface area contributed by atoms with E-state index in [1.165, 1.54) is 70.6 Å². The molecular formula is C22H38FN3O4. The topological polar surface area (TPSA) is 93.2 Å². The second-order valence-corrected chi connectivity index (χ2v) is 7.79. The number of hydrogen-bond acceptors (Lipinski definition) is 4. The van der Waals surface area contributed by atoms with Gasteiger partial charge in [-0.15, -0.1) is 0 Å². The van der Waals surface area contributed by atoms with Gasteiger partial charge in [0.2, 0.25) is 5.82 Å². The molecule has 0 unspecified atom stereocenters. The van der Waals surface area contributed by atoms with Gasteiger partial charge < -0.3 is 10.1 Å². The normalized spacial score (nSPS) is 10.9. The Balaban J connectivity index is 1.91. The maximum absolute atomic E-state index is 13.1. The van der Waals surface area contributed by atoms with Crippen LogP contribution in [0.5, 0.6) is 0 Å². The Bertz CT molecular complexity index is 702. The van der Waals surface area contributed by atoms with Crippen LogP contribution in [-0.4, -0.2) is 22.2 Å². The first-order chi connectivity index (χ1) is 14.5. The molecule has 0 aliphatic rings. The summed E-state index contributed by atoms with van der Waals surface area (Å²) in [5.74, 6) is -1.11. The Morgan fingerprint density at radius 2 is 1.43 bits per heavy atom. The van der Waals surface area contributed by atoms with E-state index < -0.39 is 29.9 Å². The van der Waals surface area contributed by atoms with Crippen LogP contribution in [0, 0.1) is 5.82 Å². The van der Waals surface area contributed by atoms with Crippen LogP contribution in [0.3, 0.4) is 0 Å². The van der Waals surface area contributed by atoms with Gasteiger partial charge in [-0.05, 0) is 6.42 Å². The predicted octanol–water partition coefficient (Wildman–Crippen LogP) is 4.84. The van der Waals surface area contributed by atoms with Crippen molar-refractivity contribution in [3.63, 3.8) is 0 Å². The first kappa shape index (κ1) is 25.9. The van der Waals surface area contributed by atoms with Crippen molar-refractivity contribution >= 4 is 6.09 Å². The van der Waals surface area contributed by atoms with Gasteiger partial charge in [0.15, 0.2) is 6.73 Å². The van der Waals surface area contributed by atoms with Crippen molar-refractivity contribution in [3.05, 3.63) is 32.9 Å². The van der Waals surface area contributed by atoms with Crippen LogP contribution in [0.25, 0.3) is 0 Å². The summed E-state index contributed by atoms with van der Waals surface area (Å²) in [5.41, 5.74) is -1.93. The highest BCUT2D eigenvalue weighted by Crippen LogP contribution is 2.12. The number of carbonyl (C=O) groups excluding carboxylic acids is 1. The van der Waals surface area contributed by atoms with Crippen LogP contribution in [0.15, 0.2) is 15.8 Å². The number of halogens is 1. The van der Waals surface area contributed by atoms with E-state index in [1.807, 2.05) is 0 Å². The van der Waals surface area contributed by atoms with Gasteiger partial charge in [0.05, 0.1) is 6.20 Å². The van der Waals surface area contributed by atoms with Crippen molar-refractivity contribution in [2.24, 2.45) is 0 Å². The third-order valence-corrected chi connectivity index (χ3v) is 5.10. The van der Waals surface area contributed by atoms with E-state index in [-0.39, 0.29) is 0 Å². The van der Waals surface area contributed by atoms with Gasteiger partial charge in [-0.3, -0.25) is 14.3 Å². The Hall–Kier alpha value is -2.12. The Labute approximate surface area is 178 Å². The molecule has 30 heavy (non-hydrogen) atoms. The quantitative estimate of drug-likeness (QED) is 0.348. The third kappa shape index (κ3) is 12.4. The fourth-order valence-corrected chi connectivity index (χ4v) is 3.27. The van der Waals surface area contributed by atoms with Crippen molar-refractivity contribution < 1.29 is 13.9 Å². The zero-order chi connectivity index (χ0) is 22.0. The molecule has 0 fully saturated rings. The van der Waals surface area contributed by atoms with Gasteiger partial charge in [-0.2, -0.15) is 4.39 Å². The minimum atomic E-state index is -1.11. The number of H-pyrrole nitrogens is 1. The number of alkyl carbamates (subject to hydrolysis) is 1. The second-order valence-electron chi connectivity index (χ2n) is 7.79. The summed E-state index contributed by atoms with van der Waals surface area (Å²) in [4.78, 5) is 35.8. The summed E-state index contributed by atoms with van der Waals surface area (Å²) in [6, 6.07) is 0. The van der Waals surface area contributed by atoms with E-state index in [1.54, 1.807) is 4.98 Å². The van der Waals surface area contributed by atoms with Gasteiger partial charge in [0.25, 0.3) is 5.56 Å². The van der Waals surface area contributed by atoms with E-state index in [9.17, 15) is 18.8 Å². The van der Waals surface area contributed by atoms with Crippen LogP contribution in [0.4, 0.5) is 9.18 Å². The van der Waals surface area contributed by atoms with Crippen LogP contribution in [-0.2, 0) is 11.5 Å². The predicted molar refractivity (Wildman–Crippen MR) is 116 cm³/mol. The molecule has 0 aromatic carbocycles. The van der Waals surface area contributed by atoms with E-state index in [4.69, 9.17) is 4.74 Å². The zero-order valence-electron chi connectivity index (χ0n) is 18.3. The number of ether oxygens (including phenoxy) is 1. The maximum atomic E-state index is 13.1. The molecule has 2 N–H and O–H groups in total. The van der Waals surface area contributed by atoms with E-state index in [2.05, 4.69) is 12.2 Å². The largest absolute Gasteiger partial charge is 0.428 e. The third-order valence-electron chi connectivity index (χ3n) is 5.10. The highest BCUT2D eigenvalue weighted by atomic mass is 19.1. The molecule has 1 rings (SSSR count). The van der Waals surface area contributed by atoms with Gasteiger partial charge in [0.1, 0.15) is 0 Å². The average Bonchev–Trinajstić information content (AvgIpc) is 2.72. The summed E-state index contributed by atoms with van der Waals surface area (Å²) in [5, 5.41) is 2.60. The highest BCUT2D eigenvalue weighted by molar-refractivity contribution is 5.66. The summed E-state index contributed by atoms with van der Waals surface area (Å²) in [7, 11) is 0. The number of rotatable bonds is 17. The van der Waals surface area contributed by atoms with Gasteiger partial charge in [0, 0.05) is 6.54 Å². The van der Waals surface area contributed by atoms with Crippen LogP contribution in [0.2, 0.25) is 0 Å². The van der Waals surface area contributed by atoms with Crippen molar-refractivity contribution in [2.45, 2.75) is 104 Å². The molecule has 0 bridgehead atoms. The summed E-state index contributed by atoms with van der Waals surface area (Å²) in [6.45, 7) is 2.28. The number of carbonyl (C=O) groups is 1. The molecule has 7 nitrogen and oxygen atoms in total. The number of hydrogen-bond donors (Lipinski definition) is 2. The molecule has 0 spiro atoms. The lowest BCUT2D eigenvalue weighted by molar-refractivity contribution is 0.111. The minimum absolute atomic E-state index is 0.461. The number of unbranched alkanes of at least 4 members (excludes halogenated alkanes) is 13. The van der Waals surface area contributed by atoms with Gasteiger partial charge >= 0.3 is 11.8 Å². The summed E-state index contributed by atoms with van der Waals surface area (Å²) in [6.07, 6.45) is 17.8. The molecule has 0 saturated carbocycles. The summed E-state index contributed by atoms with van der Waals surface area (Å²) < 4.78 is 18.8. The molecule has 172 valence electrons. The van der Waals surface area contributed by atoms with Crippen molar-refractivity contribution in [3.8, 4) is 0 Å². The monoisotopic (exact) mass is 427 g/mol. The molecule has 1 heterocycles. The fourth-order valence-electron chi connectivity index (χ4n) is 3.27. The molecule has 0 aliphatic heterocycles. The molecule has 0 atom stereocenters. The molecular weight excluding hydrogens is 389 g/mol. The molecule has 1 amide bonds. The van der Waals surface area contributed by atoms with E-state index in [0.29, 0.717) is 12.7 Å². The first-order valence-electron chi connectivity index (χ1n) is 11.4. The standard InChI is InChI=1S/C22H38FN3O4/c1-2-3-4-5-6-7-8-9-10-11-12-13-14-15-16-24-22(29)30-18-26-17-19(23)20(27)25-21(26)28/h17H,2-16,18H2,1H3,(H,24,29)(H,25,27,28). The number of nitrogens with one attached hydrogen (secondary N) is 2. The second kappa shape index (κ2) is 16.7. The SMILES string of the molecule is CCCCCCCCCCCCCCCCNC(=O)OCn1cc(F)c(=O)[nH]c1=O. The molecule has 0 aliphatic carbocycles. The van der Waals surface area contributed by atoms with E-state index in [0.717, 1.165) is 23.8 Å². The highest BCUT2D eigenvalue weighted by Gasteiger charge is 2.06. The van der Waals surface area contributed by atoms with Crippen molar-refractivity contribution in [2.75, 3.05) is 6.54 Å². The number of aromatic nitrogens is 2. The Kier molecular flexibility index (Phi) is 14.4. The van der Waals surface area contributed by atoms with Gasteiger partial charge in [-0.25, -0.2) is 9.59 Å². The van der Waals surface area contributed by atoms with Crippen molar-refractivity contribution in [1.29, 1.82) is 0 Å². The Morgan fingerprint density at radius 1 is 0.933 bits per heavy atom. The lowest BCUT2D eigenvalue weighted by atomic mass is 10.0. The fraction of sp³-hybridized carbons (Fsp3) is 0.773. The number of nitrogens with zero attached hydrogens (tertiary/aromatic N) is 1. The van der Waals surface area contributed by atoms with Crippen LogP contribution in [0.1, 0.15) is 96.8 Å². The van der Waals surface area contributed by atoms with E-state index >= 15 is 0 Å². The molecule has 0 radical (unpaired) electrons. The lowest BCUT2D eigenvalue weighted by Crippen LogP contribution is -2.34.